The first-order valence-corrected chi connectivity index (χ1v) is 7.20. The molecule has 0 saturated heterocycles. The standard InChI is InChI=1S/C11H10N4O3S2/c12-10-14-15-11(20-10)19-5-8(16)13-7-3-1-2-6(4-7)9(17)18/h1-4H,5H2,(H2,12,14)(H,13,16)(H,17,18). The van der Waals surface area contributed by atoms with Crippen LogP contribution in [0, 0.1) is 0 Å². The highest BCUT2D eigenvalue weighted by atomic mass is 32.2. The van der Waals surface area contributed by atoms with Gasteiger partial charge in [0.25, 0.3) is 0 Å². The van der Waals surface area contributed by atoms with E-state index in [4.69, 9.17) is 10.8 Å². The third-order valence-electron chi connectivity index (χ3n) is 2.14. The summed E-state index contributed by atoms with van der Waals surface area (Å²) in [6, 6.07) is 6.04. The summed E-state index contributed by atoms with van der Waals surface area (Å²) in [6.07, 6.45) is 0. The molecule has 0 unspecified atom stereocenters. The zero-order valence-electron chi connectivity index (χ0n) is 10.1. The molecule has 0 aliphatic carbocycles. The number of thioether (sulfide) groups is 1. The van der Waals surface area contributed by atoms with E-state index in [1.165, 1.54) is 35.2 Å². The Hall–Kier alpha value is -2.13. The number of nitrogen functional groups attached to an aromatic ring is 1. The van der Waals surface area contributed by atoms with Gasteiger partial charge in [-0.25, -0.2) is 4.79 Å². The van der Waals surface area contributed by atoms with Gasteiger partial charge in [0.15, 0.2) is 4.34 Å². The number of carboxylic acids is 1. The predicted molar refractivity (Wildman–Crippen MR) is 77.1 cm³/mol. The number of amides is 1. The Kier molecular flexibility index (Phi) is 4.53. The second kappa shape index (κ2) is 6.35. The summed E-state index contributed by atoms with van der Waals surface area (Å²) in [5.41, 5.74) is 5.98. The molecule has 1 heterocycles. The molecule has 9 heteroatoms. The quantitative estimate of drug-likeness (QED) is 0.717. The number of carboxylic acid groups (broad SMARTS) is 1. The third kappa shape index (κ3) is 3.93. The van der Waals surface area contributed by atoms with Gasteiger partial charge in [-0.1, -0.05) is 29.2 Å². The van der Waals surface area contributed by atoms with Crippen LogP contribution < -0.4 is 11.1 Å². The first-order chi connectivity index (χ1) is 9.54. The summed E-state index contributed by atoms with van der Waals surface area (Å²) in [5, 5.41) is 19.2. The van der Waals surface area contributed by atoms with Crippen molar-refractivity contribution in [2.75, 3.05) is 16.8 Å². The minimum absolute atomic E-state index is 0.118. The Balaban J connectivity index is 1.91. The summed E-state index contributed by atoms with van der Waals surface area (Å²) in [6.45, 7) is 0. The molecule has 104 valence electrons. The molecule has 0 aliphatic heterocycles. The van der Waals surface area contributed by atoms with Crippen molar-refractivity contribution < 1.29 is 14.7 Å². The van der Waals surface area contributed by atoms with E-state index in [0.29, 0.717) is 15.2 Å². The van der Waals surface area contributed by atoms with Crippen LogP contribution in [-0.2, 0) is 4.79 Å². The van der Waals surface area contributed by atoms with Gasteiger partial charge in [0.2, 0.25) is 11.0 Å². The van der Waals surface area contributed by atoms with Crippen LogP contribution in [0.1, 0.15) is 10.4 Å². The molecule has 0 atom stereocenters. The molecule has 0 fully saturated rings. The number of benzene rings is 1. The molecule has 1 amide bonds. The van der Waals surface area contributed by atoms with Gasteiger partial charge in [0, 0.05) is 5.69 Å². The number of nitrogens with two attached hydrogens (primary N) is 1. The molecule has 7 nitrogen and oxygen atoms in total. The van der Waals surface area contributed by atoms with Crippen molar-refractivity contribution in [2.24, 2.45) is 0 Å². The zero-order chi connectivity index (χ0) is 14.5. The maximum atomic E-state index is 11.7. The van der Waals surface area contributed by atoms with Crippen LogP contribution in [0.5, 0.6) is 0 Å². The normalized spacial score (nSPS) is 10.2. The van der Waals surface area contributed by atoms with E-state index in [2.05, 4.69) is 15.5 Å². The van der Waals surface area contributed by atoms with E-state index in [1.54, 1.807) is 12.1 Å². The number of aromatic nitrogens is 2. The second-order valence-electron chi connectivity index (χ2n) is 3.63. The molecule has 20 heavy (non-hydrogen) atoms. The van der Waals surface area contributed by atoms with E-state index >= 15 is 0 Å². The summed E-state index contributed by atoms with van der Waals surface area (Å²) < 4.78 is 0.608. The van der Waals surface area contributed by atoms with E-state index in [-0.39, 0.29) is 17.2 Å². The number of aromatic carboxylic acids is 1. The number of anilines is 2. The molecule has 0 spiro atoms. The molecule has 2 aromatic rings. The highest BCUT2D eigenvalue weighted by molar-refractivity contribution is 8.01. The predicted octanol–water partition coefficient (Wildman–Crippen LogP) is 1.55. The third-order valence-corrected chi connectivity index (χ3v) is 4.03. The van der Waals surface area contributed by atoms with Gasteiger partial charge >= 0.3 is 5.97 Å². The number of nitrogens with zero attached hydrogens (tertiary/aromatic N) is 2. The van der Waals surface area contributed by atoms with Crippen molar-refractivity contribution in [3.05, 3.63) is 29.8 Å². The number of carbonyl (C=O) groups excluding carboxylic acids is 1. The highest BCUT2D eigenvalue weighted by Gasteiger charge is 2.08. The van der Waals surface area contributed by atoms with Crippen LogP contribution in [0.4, 0.5) is 10.8 Å². The van der Waals surface area contributed by atoms with Gasteiger partial charge in [-0.05, 0) is 18.2 Å². The van der Waals surface area contributed by atoms with Crippen molar-refractivity contribution in [3.63, 3.8) is 0 Å². The maximum absolute atomic E-state index is 11.7. The van der Waals surface area contributed by atoms with Gasteiger partial charge in [0.1, 0.15) is 0 Å². The summed E-state index contributed by atoms with van der Waals surface area (Å²) in [7, 11) is 0. The monoisotopic (exact) mass is 310 g/mol. The summed E-state index contributed by atoms with van der Waals surface area (Å²) in [5.74, 6) is -1.16. The molecular formula is C11H10N4O3S2. The first kappa shape index (κ1) is 14.3. The summed E-state index contributed by atoms with van der Waals surface area (Å²) >= 11 is 2.42. The van der Waals surface area contributed by atoms with E-state index < -0.39 is 5.97 Å². The van der Waals surface area contributed by atoms with E-state index in [9.17, 15) is 9.59 Å². The summed E-state index contributed by atoms with van der Waals surface area (Å²) in [4.78, 5) is 22.5. The molecule has 2 rings (SSSR count). The lowest BCUT2D eigenvalue weighted by Gasteiger charge is -2.04. The molecular weight excluding hydrogens is 300 g/mol. The van der Waals surface area contributed by atoms with Gasteiger partial charge in [0.05, 0.1) is 11.3 Å². The minimum Gasteiger partial charge on any atom is -0.478 e. The molecule has 4 N–H and O–H groups in total. The van der Waals surface area contributed by atoms with Gasteiger partial charge < -0.3 is 16.2 Å². The Morgan fingerprint density at radius 2 is 2.20 bits per heavy atom. The Labute approximate surface area is 122 Å². The van der Waals surface area contributed by atoms with Crippen LogP contribution >= 0.6 is 23.1 Å². The number of hydrogen-bond donors (Lipinski definition) is 3. The molecule has 1 aromatic heterocycles. The average Bonchev–Trinajstić information content (AvgIpc) is 2.82. The van der Waals surface area contributed by atoms with Crippen molar-refractivity contribution >= 4 is 45.8 Å². The Morgan fingerprint density at radius 3 is 2.85 bits per heavy atom. The smallest absolute Gasteiger partial charge is 0.335 e. The van der Waals surface area contributed by atoms with Crippen molar-refractivity contribution in [1.29, 1.82) is 0 Å². The van der Waals surface area contributed by atoms with Crippen LogP contribution in [0.25, 0.3) is 0 Å². The topological polar surface area (TPSA) is 118 Å². The zero-order valence-corrected chi connectivity index (χ0v) is 11.7. The average molecular weight is 310 g/mol. The van der Waals surface area contributed by atoms with Crippen LogP contribution in [0.2, 0.25) is 0 Å². The van der Waals surface area contributed by atoms with Gasteiger partial charge in [-0.2, -0.15) is 0 Å². The van der Waals surface area contributed by atoms with Crippen molar-refractivity contribution in [2.45, 2.75) is 4.34 Å². The SMILES string of the molecule is Nc1nnc(SCC(=O)Nc2cccc(C(=O)O)c2)s1. The second-order valence-corrected chi connectivity index (χ2v) is 5.86. The Bertz CT molecular complexity index is 644. The number of carbonyl (C=O) groups is 2. The fourth-order valence-electron chi connectivity index (χ4n) is 1.33. The molecule has 0 bridgehead atoms. The van der Waals surface area contributed by atoms with E-state index in [0.717, 1.165) is 0 Å². The molecule has 0 aliphatic rings. The largest absolute Gasteiger partial charge is 0.478 e. The Morgan fingerprint density at radius 1 is 1.40 bits per heavy atom. The van der Waals surface area contributed by atoms with Crippen LogP contribution in [-0.4, -0.2) is 32.9 Å². The maximum Gasteiger partial charge on any atom is 0.335 e. The number of hydrogen-bond acceptors (Lipinski definition) is 7. The van der Waals surface area contributed by atoms with Crippen molar-refractivity contribution in [3.8, 4) is 0 Å². The number of rotatable bonds is 5. The first-order valence-electron chi connectivity index (χ1n) is 5.39. The fraction of sp³-hybridized carbons (Fsp3) is 0.0909. The van der Waals surface area contributed by atoms with Gasteiger partial charge in [-0.3, -0.25) is 4.79 Å². The lowest BCUT2D eigenvalue weighted by Crippen LogP contribution is -2.14. The molecule has 1 aromatic carbocycles. The molecule has 0 radical (unpaired) electrons. The van der Waals surface area contributed by atoms with Crippen LogP contribution in [0.3, 0.4) is 0 Å². The lowest BCUT2D eigenvalue weighted by atomic mass is 10.2. The number of nitrogens with one attached hydrogen (secondary N) is 1. The van der Waals surface area contributed by atoms with Gasteiger partial charge in [-0.15, -0.1) is 10.2 Å². The van der Waals surface area contributed by atoms with E-state index in [1.807, 2.05) is 0 Å². The van der Waals surface area contributed by atoms with Crippen molar-refractivity contribution in [1.82, 2.24) is 10.2 Å². The minimum atomic E-state index is -1.04. The lowest BCUT2D eigenvalue weighted by molar-refractivity contribution is -0.113. The van der Waals surface area contributed by atoms with Crippen LogP contribution in [0.15, 0.2) is 28.6 Å². The fourth-order valence-corrected chi connectivity index (χ4v) is 2.77. The highest BCUT2D eigenvalue weighted by Crippen LogP contribution is 2.23. The molecule has 0 saturated carbocycles.